The van der Waals surface area contributed by atoms with Gasteiger partial charge in [-0.2, -0.15) is 0 Å². The molecule has 0 spiro atoms. The Morgan fingerprint density at radius 3 is 2.68 bits per heavy atom. The third kappa shape index (κ3) is 2.76. The van der Waals surface area contributed by atoms with Crippen molar-refractivity contribution in [2.75, 3.05) is 4.72 Å². The molecule has 2 N–H and O–H groups in total. The summed E-state index contributed by atoms with van der Waals surface area (Å²) >= 11 is 1.16. The minimum Gasteiger partial charge on any atom is -0.477 e. The third-order valence-corrected chi connectivity index (χ3v) is 4.66. The Hall–Kier alpha value is -1.87. The van der Waals surface area contributed by atoms with E-state index in [0.29, 0.717) is 5.69 Å². The van der Waals surface area contributed by atoms with Crippen LogP contribution in [-0.2, 0) is 17.1 Å². The maximum absolute atomic E-state index is 12.0. The standard InChI is InChI=1S/C10H11N3O4S2/c1-6-5-18-10(11-6)12-19(16,17)7-3-8(9(14)15)13(2)4-7/h3-5H,1-2H3,(H,11,12)(H,14,15). The highest BCUT2D eigenvalue weighted by Crippen LogP contribution is 2.21. The van der Waals surface area contributed by atoms with E-state index in [1.807, 2.05) is 0 Å². The van der Waals surface area contributed by atoms with Gasteiger partial charge in [0.1, 0.15) is 10.6 Å². The van der Waals surface area contributed by atoms with Gasteiger partial charge in [0.05, 0.1) is 5.69 Å². The van der Waals surface area contributed by atoms with Crippen molar-refractivity contribution in [2.45, 2.75) is 11.8 Å². The number of hydrogen-bond acceptors (Lipinski definition) is 5. The third-order valence-electron chi connectivity index (χ3n) is 2.35. The van der Waals surface area contributed by atoms with Crippen molar-refractivity contribution in [1.29, 1.82) is 0 Å². The van der Waals surface area contributed by atoms with Crippen LogP contribution in [0.2, 0.25) is 0 Å². The molecular formula is C10H11N3O4S2. The molecule has 9 heteroatoms. The van der Waals surface area contributed by atoms with Gasteiger partial charge in [0, 0.05) is 18.6 Å². The smallest absolute Gasteiger partial charge is 0.352 e. The van der Waals surface area contributed by atoms with Crippen LogP contribution in [0.3, 0.4) is 0 Å². The van der Waals surface area contributed by atoms with Crippen LogP contribution in [0, 0.1) is 6.92 Å². The van der Waals surface area contributed by atoms with Crippen LogP contribution in [0.5, 0.6) is 0 Å². The van der Waals surface area contributed by atoms with E-state index >= 15 is 0 Å². The molecule has 0 unspecified atom stereocenters. The summed E-state index contributed by atoms with van der Waals surface area (Å²) in [5, 5.41) is 10.9. The molecule has 19 heavy (non-hydrogen) atoms. The van der Waals surface area contributed by atoms with E-state index in [1.165, 1.54) is 17.8 Å². The topological polar surface area (TPSA) is 101 Å². The summed E-state index contributed by atoms with van der Waals surface area (Å²) in [6, 6.07) is 1.10. The number of aromatic carboxylic acids is 1. The van der Waals surface area contributed by atoms with E-state index in [9.17, 15) is 13.2 Å². The SMILES string of the molecule is Cc1csc(NS(=O)(=O)c2cc(C(=O)O)n(C)c2)n1. The summed E-state index contributed by atoms with van der Waals surface area (Å²) < 4.78 is 27.6. The van der Waals surface area contributed by atoms with Crippen LogP contribution in [0.25, 0.3) is 0 Å². The molecule has 0 aliphatic heterocycles. The Bertz CT molecular complexity index is 730. The zero-order valence-corrected chi connectivity index (χ0v) is 11.7. The lowest BCUT2D eigenvalue weighted by Gasteiger charge is -2.01. The first-order chi connectivity index (χ1) is 8.79. The first-order valence-electron chi connectivity index (χ1n) is 5.14. The second kappa shape index (κ2) is 4.67. The highest BCUT2D eigenvalue weighted by atomic mass is 32.2. The van der Waals surface area contributed by atoms with Gasteiger partial charge < -0.3 is 9.67 Å². The normalized spacial score (nSPS) is 11.5. The maximum atomic E-state index is 12.0. The Labute approximate surface area is 113 Å². The number of aryl methyl sites for hydroxylation is 2. The number of sulfonamides is 1. The van der Waals surface area contributed by atoms with E-state index in [0.717, 1.165) is 17.4 Å². The lowest BCUT2D eigenvalue weighted by atomic mass is 10.4. The predicted molar refractivity (Wildman–Crippen MR) is 70.0 cm³/mol. The molecule has 0 aliphatic rings. The summed E-state index contributed by atoms with van der Waals surface area (Å²) in [6.07, 6.45) is 1.24. The maximum Gasteiger partial charge on any atom is 0.352 e. The number of hydrogen-bond donors (Lipinski definition) is 2. The van der Waals surface area contributed by atoms with Crippen molar-refractivity contribution < 1.29 is 18.3 Å². The molecular weight excluding hydrogens is 290 g/mol. The van der Waals surface area contributed by atoms with Gasteiger partial charge in [-0.25, -0.2) is 18.2 Å². The van der Waals surface area contributed by atoms with Crippen LogP contribution < -0.4 is 4.72 Å². The summed E-state index contributed by atoms with van der Waals surface area (Å²) in [4.78, 5) is 14.8. The Kier molecular flexibility index (Phi) is 3.33. The van der Waals surface area contributed by atoms with Gasteiger partial charge in [-0.1, -0.05) is 0 Å². The fraction of sp³-hybridized carbons (Fsp3) is 0.200. The molecule has 2 rings (SSSR count). The Morgan fingerprint density at radius 2 is 2.21 bits per heavy atom. The summed E-state index contributed by atoms with van der Waals surface area (Å²) in [7, 11) is -2.35. The van der Waals surface area contributed by atoms with Crippen LogP contribution in [-0.4, -0.2) is 29.0 Å². The minimum atomic E-state index is -3.82. The Balaban J connectivity index is 2.34. The molecule has 7 nitrogen and oxygen atoms in total. The monoisotopic (exact) mass is 301 g/mol. The van der Waals surface area contributed by atoms with E-state index < -0.39 is 16.0 Å². The highest BCUT2D eigenvalue weighted by molar-refractivity contribution is 7.93. The number of anilines is 1. The lowest BCUT2D eigenvalue weighted by Crippen LogP contribution is -2.12. The molecule has 0 amide bonds. The van der Waals surface area contributed by atoms with Crippen molar-refractivity contribution in [3.63, 3.8) is 0 Å². The number of carboxylic acids is 1. The zero-order chi connectivity index (χ0) is 14.2. The molecule has 2 heterocycles. The molecule has 2 aromatic rings. The lowest BCUT2D eigenvalue weighted by molar-refractivity contribution is 0.0686. The number of aromatic nitrogens is 2. The minimum absolute atomic E-state index is 0.101. The van der Waals surface area contributed by atoms with Crippen molar-refractivity contribution in [1.82, 2.24) is 9.55 Å². The van der Waals surface area contributed by atoms with Gasteiger partial charge in [0.25, 0.3) is 10.0 Å². The van der Waals surface area contributed by atoms with Gasteiger partial charge >= 0.3 is 5.97 Å². The van der Waals surface area contributed by atoms with Crippen LogP contribution in [0.1, 0.15) is 16.2 Å². The number of nitrogens with zero attached hydrogens (tertiary/aromatic N) is 2. The molecule has 0 aliphatic carbocycles. The van der Waals surface area contributed by atoms with E-state index in [2.05, 4.69) is 9.71 Å². The number of carboxylic acid groups (broad SMARTS) is 1. The zero-order valence-electron chi connectivity index (χ0n) is 10.1. The molecule has 0 saturated heterocycles. The molecule has 0 aromatic carbocycles. The number of thiazole rings is 1. The molecule has 0 radical (unpaired) electrons. The average molecular weight is 301 g/mol. The van der Waals surface area contributed by atoms with E-state index in [4.69, 9.17) is 5.11 Å². The van der Waals surface area contributed by atoms with E-state index in [1.54, 1.807) is 12.3 Å². The van der Waals surface area contributed by atoms with Crippen molar-refractivity contribution in [2.24, 2.45) is 7.05 Å². The fourth-order valence-corrected chi connectivity index (χ4v) is 3.48. The first kappa shape index (κ1) is 13.6. The number of carbonyl (C=O) groups is 1. The van der Waals surface area contributed by atoms with Gasteiger partial charge in [-0.15, -0.1) is 11.3 Å². The summed E-state index contributed by atoms with van der Waals surface area (Å²) in [6.45, 7) is 1.75. The predicted octanol–water partition coefficient (Wildman–Crippen LogP) is 1.29. The summed E-state index contributed by atoms with van der Waals surface area (Å²) in [5.41, 5.74) is 0.609. The van der Waals surface area contributed by atoms with Crippen LogP contribution in [0.15, 0.2) is 22.5 Å². The van der Waals surface area contributed by atoms with Crippen molar-refractivity contribution >= 4 is 32.5 Å². The van der Waals surface area contributed by atoms with E-state index in [-0.39, 0.29) is 15.7 Å². The number of nitrogens with one attached hydrogen (secondary N) is 1. The highest BCUT2D eigenvalue weighted by Gasteiger charge is 2.21. The molecule has 0 atom stereocenters. The first-order valence-corrected chi connectivity index (χ1v) is 7.50. The number of rotatable bonds is 4. The molecule has 102 valence electrons. The van der Waals surface area contributed by atoms with Crippen LogP contribution in [0.4, 0.5) is 5.13 Å². The molecule has 0 bridgehead atoms. The molecule has 2 aromatic heterocycles. The van der Waals surface area contributed by atoms with Crippen LogP contribution >= 0.6 is 11.3 Å². The summed E-state index contributed by atoms with van der Waals surface area (Å²) in [5.74, 6) is -1.19. The largest absolute Gasteiger partial charge is 0.477 e. The van der Waals surface area contributed by atoms with Gasteiger partial charge in [-0.05, 0) is 13.0 Å². The van der Waals surface area contributed by atoms with Gasteiger partial charge in [-0.3, -0.25) is 4.72 Å². The second-order valence-electron chi connectivity index (χ2n) is 3.88. The van der Waals surface area contributed by atoms with Gasteiger partial charge in [0.15, 0.2) is 5.13 Å². The Morgan fingerprint density at radius 1 is 1.53 bits per heavy atom. The van der Waals surface area contributed by atoms with Crippen molar-refractivity contribution in [3.05, 3.63) is 29.0 Å². The van der Waals surface area contributed by atoms with Crippen molar-refractivity contribution in [3.8, 4) is 0 Å². The molecule has 0 fully saturated rings. The average Bonchev–Trinajstić information content (AvgIpc) is 2.84. The fourth-order valence-electron chi connectivity index (χ4n) is 1.47. The second-order valence-corrected chi connectivity index (χ2v) is 6.42. The molecule has 0 saturated carbocycles. The quantitative estimate of drug-likeness (QED) is 0.886. The van der Waals surface area contributed by atoms with Gasteiger partial charge in [0.2, 0.25) is 0 Å².